The minimum atomic E-state index is -0.331. The molecule has 5 heteroatoms. The third-order valence-corrected chi connectivity index (χ3v) is 5.07. The molecule has 0 aliphatic rings. The zero-order valence-corrected chi connectivity index (χ0v) is 17.6. The van der Waals surface area contributed by atoms with Crippen LogP contribution in [-0.4, -0.2) is 20.7 Å². The molecule has 150 valence electrons. The fraction of sp³-hybridized carbons (Fsp3) is 0.160. The molecule has 0 bridgehead atoms. The maximum Gasteiger partial charge on any atom is 0.295 e. The van der Waals surface area contributed by atoms with Gasteiger partial charge in [-0.3, -0.25) is 4.79 Å². The molecule has 30 heavy (non-hydrogen) atoms. The van der Waals surface area contributed by atoms with Crippen molar-refractivity contribution in [3.8, 4) is 17.1 Å². The first-order valence-electron chi connectivity index (χ1n) is 9.91. The molecule has 0 aliphatic heterocycles. The first kappa shape index (κ1) is 19.6. The van der Waals surface area contributed by atoms with Gasteiger partial charge < -0.3 is 5.32 Å². The summed E-state index contributed by atoms with van der Waals surface area (Å²) in [7, 11) is 0. The van der Waals surface area contributed by atoms with E-state index < -0.39 is 0 Å². The number of hydrogen-bond donors (Lipinski definition) is 1. The molecule has 0 fully saturated rings. The van der Waals surface area contributed by atoms with Crippen molar-refractivity contribution in [1.29, 1.82) is 0 Å². The van der Waals surface area contributed by atoms with E-state index in [4.69, 9.17) is 0 Å². The summed E-state index contributed by atoms with van der Waals surface area (Å²) in [5.74, 6) is 0.445. The molecule has 1 N–H and O–H groups in total. The molecular formula is C25H24N4O. The summed E-state index contributed by atoms with van der Waals surface area (Å²) >= 11 is 0. The molecule has 1 aromatic heterocycles. The van der Waals surface area contributed by atoms with E-state index in [1.165, 1.54) is 0 Å². The predicted octanol–water partition coefficient (Wildman–Crippen LogP) is 5.42. The zero-order chi connectivity index (χ0) is 21.3. The Morgan fingerprint density at radius 3 is 2.37 bits per heavy atom. The number of aryl methyl sites for hydroxylation is 4. The normalized spacial score (nSPS) is 10.8. The molecule has 0 saturated heterocycles. The second kappa shape index (κ2) is 7.95. The number of amides is 1. The fourth-order valence-electron chi connectivity index (χ4n) is 3.39. The van der Waals surface area contributed by atoms with Crippen molar-refractivity contribution < 1.29 is 4.79 Å². The molecule has 1 heterocycles. The summed E-state index contributed by atoms with van der Waals surface area (Å²) in [6.45, 7) is 8.06. The van der Waals surface area contributed by atoms with Crippen molar-refractivity contribution in [3.05, 3.63) is 94.8 Å². The highest BCUT2D eigenvalue weighted by molar-refractivity contribution is 6.02. The molecule has 0 aliphatic carbocycles. The van der Waals surface area contributed by atoms with E-state index in [1.54, 1.807) is 4.68 Å². The Morgan fingerprint density at radius 2 is 1.60 bits per heavy atom. The first-order chi connectivity index (χ1) is 14.4. The van der Waals surface area contributed by atoms with Gasteiger partial charge in [-0.05, 0) is 62.6 Å². The molecule has 0 saturated carbocycles. The fourth-order valence-corrected chi connectivity index (χ4v) is 3.39. The van der Waals surface area contributed by atoms with Gasteiger partial charge in [0.2, 0.25) is 5.82 Å². The van der Waals surface area contributed by atoms with Crippen LogP contribution in [-0.2, 0) is 0 Å². The molecule has 0 spiro atoms. The Labute approximate surface area is 176 Å². The highest BCUT2D eigenvalue weighted by Gasteiger charge is 2.20. The van der Waals surface area contributed by atoms with Crippen molar-refractivity contribution in [1.82, 2.24) is 14.8 Å². The Morgan fingerprint density at radius 1 is 0.833 bits per heavy atom. The predicted molar refractivity (Wildman–Crippen MR) is 120 cm³/mol. The standard InChI is InChI=1S/C25H24N4O/c1-16-8-7-10-20(14-16)24-27-23(25(30)26-21-11-6-5-9-18(21)3)28-29(24)22-15-17(2)12-13-19(22)4/h5-15H,1-4H3,(H,26,30). The lowest BCUT2D eigenvalue weighted by Crippen LogP contribution is -2.15. The molecular weight excluding hydrogens is 372 g/mol. The van der Waals surface area contributed by atoms with Crippen molar-refractivity contribution >= 4 is 11.6 Å². The highest BCUT2D eigenvalue weighted by Crippen LogP contribution is 2.25. The van der Waals surface area contributed by atoms with Gasteiger partial charge in [0.15, 0.2) is 5.82 Å². The number of carbonyl (C=O) groups is 1. The van der Waals surface area contributed by atoms with Crippen LogP contribution in [0.3, 0.4) is 0 Å². The summed E-state index contributed by atoms with van der Waals surface area (Å²) in [5.41, 5.74) is 6.86. The molecule has 3 aromatic carbocycles. The number of hydrogen-bond acceptors (Lipinski definition) is 3. The largest absolute Gasteiger partial charge is 0.319 e. The van der Waals surface area contributed by atoms with Gasteiger partial charge in [0, 0.05) is 11.3 Å². The van der Waals surface area contributed by atoms with Crippen molar-refractivity contribution in [2.45, 2.75) is 27.7 Å². The maximum atomic E-state index is 13.0. The molecule has 5 nitrogen and oxygen atoms in total. The van der Waals surface area contributed by atoms with Crippen LogP contribution in [0.2, 0.25) is 0 Å². The van der Waals surface area contributed by atoms with Gasteiger partial charge in [0.25, 0.3) is 5.91 Å². The van der Waals surface area contributed by atoms with Crippen LogP contribution in [0, 0.1) is 27.7 Å². The van der Waals surface area contributed by atoms with Gasteiger partial charge in [-0.15, -0.1) is 5.10 Å². The van der Waals surface area contributed by atoms with Crippen LogP contribution in [0.5, 0.6) is 0 Å². The van der Waals surface area contributed by atoms with E-state index in [9.17, 15) is 4.79 Å². The third kappa shape index (κ3) is 3.87. The second-order valence-electron chi connectivity index (χ2n) is 7.60. The van der Waals surface area contributed by atoms with Crippen LogP contribution in [0.25, 0.3) is 17.1 Å². The second-order valence-corrected chi connectivity index (χ2v) is 7.60. The lowest BCUT2D eigenvalue weighted by atomic mass is 10.1. The van der Waals surface area contributed by atoms with Crippen molar-refractivity contribution in [3.63, 3.8) is 0 Å². The van der Waals surface area contributed by atoms with Crippen LogP contribution in [0.15, 0.2) is 66.7 Å². The minimum Gasteiger partial charge on any atom is -0.319 e. The molecule has 4 rings (SSSR count). The number of rotatable bonds is 4. The van der Waals surface area contributed by atoms with E-state index in [1.807, 2.05) is 70.2 Å². The van der Waals surface area contributed by atoms with Crippen LogP contribution < -0.4 is 5.32 Å². The van der Waals surface area contributed by atoms with E-state index in [0.717, 1.165) is 39.2 Å². The van der Waals surface area contributed by atoms with E-state index in [2.05, 4.69) is 39.7 Å². The Bertz CT molecular complexity index is 1240. The zero-order valence-electron chi connectivity index (χ0n) is 17.6. The Kier molecular flexibility index (Phi) is 5.19. The molecule has 0 atom stereocenters. The number of nitrogens with zero attached hydrogens (tertiary/aromatic N) is 3. The molecule has 0 radical (unpaired) electrons. The SMILES string of the molecule is Cc1cccc(-c2nc(C(=O)Nc3ccccc3C)nn2-c2cc(C)ccc2C)c1. The van der Waals surface area contributed by atoms with Gasteiger partial charge >= 0.3 is 0 Å². The number of benzene rings is 3. The lowest BCUT2D eigenvalue weighted by Gasteiger charge is -2.10. The van der Waals surface area contributed by atoms with E-state index in [-0.39, 0.29) is 11.7 Å². The van der Waals surface area contributed by atoms with E-state index in [0.29, 0.717) is 5.82 Å². The molecule has 0 unspecified atom stereocenters. The van der Waals surface area contributed by atoms with Crippen molar-refractivity contribution in [2.75, 3.05) is 5.32 Å². The summed E-state index contributed by atoms with van der Waals surface area (Å²) in [4.78, 5) is 17.6. The van der Waals surface area contributed by atoms with Gasteiger partial charge in [0.05, 0.1) is 5.69 Å². The number of carbonyl (C=O) groups excluding carboxylic acids is 1. The lowest BCUT2D eigenvalue weighted by molar-refractivity contribution is 0.101. The maximum absolute atomic E-state index is 13.0. The monoisotopic (exact) mass is 396 g/mol. The number of anilines is 1. The van der Waals surface area contributed by atoms with Gasteiger partial charge in [-0.1, -0.05) is 54.1 Å². The van der Waals surface area contributed by atoms with Gasteiger partial charge in [-0.25, -0.2) is 9.67 Å². The van der Waals surface area contributed by atoms with Crippen LogP contribution >= 0.6 is 0 Å². The number of aromatic nitrogens is 3. The van der Waals surface area contributed by atoms with Crippen LogP contribution in [0.4, 0.5) is 5.69 Å². The average molecular weight is 396 g/mol. The Balaban J connectivity index is 1.83. The summed E-state index contributed by atoms with van der Waals surface area (Å²) in [6, 6.07) is 21.9. The van der Waals surface area contributed by atoms with Crippen molar-refractivity contribution in [2.24, 2.45) is 0 Å². The average Bonchev–Trinajstić information content (AvgIpc) is 3.17. The molecule has 1 amide bonds. The third-order valence-electron chi connectivity index (χ3n) is 5.07. The highest BCUT2D eigenvalue weighted by atomic mass is 16.2. The number of nitrogens with one attached hydrogen (secondary N) is 1. The van der Waals surface area contributed by atoms with Gasteiger partial charge in [-0.2, -0.15) is 0 Å². The number of para-hydroxylation sites is 1. The van der Waals surface area contributed by atoms with Gasteiger partial charge in [0.1, 0.15) is 0 Å². The smallest absolute Gasteiger partial charge is 0.295 e. The summed E-state index contributed by atoms with van der Waals surface area (Å²) < 4.78 is 1.77. The summed E-state index contributed by atoms with van der Waals surface area (Å²) in [6.07, 6.45) is 0. The minimum absolute atomic E-state index is 0.135. The first-order valence-corrected chi connectivity index (χ1v) is 9.91. The van der Waals surface area contributed by atoms with E-state index >= 15 is 0 Å². The summed E-state index contributed by atoms with van der Waals surface area (Å²) in [5, 5.41) is 7.54. The Hall–Kier alpha value is -3.73. The topological polar surface area (TPSA) is 59.8 Å². The van der Waals surface area contributed by atoms with Crippen LogP contribution in [0.1, 0.15) is 32.9 Å². The quantitative estimate of drug-likeness (QED) is 0.501. The molecule has 4 aromatic rings.